The van der Waals surface area contributed by atoms with E-state index in [4.69, 9.17) is 5.73 Å². The van der Waals surface area contributed by atoms with Crippen LogP contribution in [0.15, 0.2) is 58.1 Å². The highest BCUT2D eigenvalue weighted by Crippen LogP contribution is 2.23. The van der Waals surface area contributed by atoms with Gasteiger partial charge < -0.3 is 5.73 Å². The average molecular weight is 366 g/mol. The normalized spacial score (nSPS) is 16.7. The van der Waals surface area contributed by atoms with Gasteiger partial charge in [-0.2, -0.15) is 0 Å². The summed E-state index contributed by atoms with van der Waals surface area (Å²) in [4.78, 5) is 30.4. The first-order chi connectivity index (χ1) is 13.0. The molecule has 0 spiro atoms. The second kappa shape index (κ2) is 6.83. The smallest absolute Gasteiger partial charge is 0.333 e. The van der Waals surface area contributed by atoms with Crippen LogP contribution >= 0.6 is 0 Å². The molecule has 0 saturated carbocycles. The van der Waals surface area contributed by atoms with Gasteiger partial charge in [0.25, 0.3) is 5.56 Å². The van der Waals surface area contributed by atoms with Crippen LogP contribution in [0.25, 0.3) is 11.0 Å². The minimum Gasteiger partial charge on any atom is -0.384 e. The van der Waals surface area contributed by atoms with E-state index in [0.29, 0.717) is 16.6 Å². The van der Waals surface area contributed by atoms with Gasteiger partial charge in [-0.05, 0) is 49.1 Å². The first-order valence-electron chi connectivity index (χ1n) is 8.87. The first-order valence-corrected chi connectivity index (χ1v) is 8.87. The molecule has 0 bridgehead atoms. The summed E-state index contributed by atoms with van der Waals surface area (Å²) in [7, 11) is 0. The third-order valence-corrected chi connectivity index (χ3v) is 4.85. The van der Waals surface area contributed by atoms with Crippen LogP contribution in [0.1, 0.15) is 30.9 Å². The van der Waals surface area contributed by atoms with E-state index < -0.39 is 11.2 Å². The van der Waals surface area contributed by atoms with Gasteiger partial charge in [-0.3, -0.25) is 13.9 Å². The molecule has 1 unspecified atom stereocenters. The van der Waals surface area contributed by atoms with E-state index in [-0.39, 0.29) is 24.2 Å². The van der Waals surface area contributed by atoms with Crippen LogP contribution in [0.5, 0.6) is 0 Å². The highest BCUT2D eigenvalue weighted by atomic mass is 19.1. The Balaban J connectivity index is 1.96. The average Bonchev–Trinajstić information content (AvgIpc) is 2.67. The number of nitrogen functional groups attached to an aromatic ring is 1. The van der Waals surface area contributed by atoms with Gasteiger partial charge >= 0.3 is 5.69 Å². The Hall–Kier alpha value is -3.22. The maximum Gasteiger partial charge on any atom is 0.333 e. The fourth-order valence-corrected chi connectivity index (χ4v) is 3.49. The number of fused-ring (bicyclic) bond motifs is 1. The first kappa shape index (κ1) is 17.2. The van der Waals surface area contributed by atoms with Crippen molar-refractivity contribution in [3.05, 3.63) is 80.8 Å². The van der Waals surface area contributed by atoms with Crippen LogP contribution < -0.4 is 17.0 Å². The Bertz CT molecular complexity index is 1150. The summed E-state index contributed by atoms with van der Waals surface area (Å²) in [6.45, 7) is 0.0642. The largest absolute Gasteiger partial charge is 0.384 e. The number of hydrogen-bond donors (Lipinski definition) is 1. The number of halogens is 1. The maximum absolute atomic E-state index is 13.2. The fraction of sp³-hybridized carbons (Fsp3) is 0.250. The van der Waals surface area contributed by atoms with E-state index in [0.717, 1.165) is 19.3 Å². The summed E-state index contributed by atoms with van der Waals surface area (Å²) in [6, 6.07) is 8.73. The Morgan fingerprint density at radius 1 is 1.15 bits per heavy atom. The number of rotatable bonds is 3. The molecule has 138 valence electrons. The Kier molecular flexibility index (Phi) is 4.35. The van der Waals surface area contributed by atoms with Crippen molar-refractivity contribution in [3.8, 4) is 0 Å². The molecule has 1 aliphatic rings. The summed E-state index contributed by atoms with van der Waals surface area (Å²) in [5, 5.41) is 0.338. The second-order valence-corrected chi connectivity index (χ2v) is 6.70. The third kappa shape index (κ3) is 3.16. The minimum atomic E-state index is -0.438. The summed E-state index contributed by atoms with van der Waals surface area (Å²) in [6.07, 6.45) is 6.72. The van der Waals surface area contributed by atoms with Crippen molar-refractivity contribution in [1.29, 1.82) is 0 Å². The molecule has 6 nitrogen and oxygen atoms in total. The fourth-order valence-electron chi connectivity index (χ4n) is 3.49. The number of anilines is 1. The van der Waals surface area contributed by atoms with E-state index in [1.165, 1.54) is 16.7 Å². The molecule has 2 aromatic heterocycles. The van der Waals surface area contributed by atoms with Crippen molar-refractivity contribution < 1.29 is 4.39 Å². The van der Waals surface area contributed by atoms with Crippen LogP contribution in [0.4, 0.5) is 10.2 Å². The van der Waals surface area contributed by atoms with Crippen LogP contribution in [-0.2, 0) is 6.54 Å². The summed E-state index contributed by atoms with van der Waals surface area (Å²) in [5.41, 5.74) is 5.92. The van der Waals surface area contributed by atoms with Crippen molar-refractivity contribution in [2.75, 3.05) is 5.73 Å². The van der Waals surface area contributed by atoms with E-state index in [9.17, 15) is 14.0 Å². The molecular weight excluding hydrogens is 347 g/mol. The molecule has 0 fully saturated rings. The van der Waals surface area contributed by atoms with Crippen LogP contribution in [0, 0.1) is 5.82 Å². The van der Waals surface area contributed by atoms with Gasteiger partial charge in [0.1, 0.15) is 11.6 Å². The van der Waals surface area contributed by atoms with Gasteiger partial charge in [0.05, 0.1) is 18.0 Å². The number of aromatic nitrogens is 3. The SMILES string of the molecule is Nc1ccc2c(=O)n(Cc3ccc(F)cc3)c(=O)n(C3C=CCCC3)c2n1. The summed E-state index contributed by atoms with van der Waals surface area (Å²) in [5.74, 6) is -0.111. The van der Waals surface area contributed by atoms with Crippen molar-refractivity contribution in [2.24, 2.45) is 0 Å². The van der Waals surface area contributed by atoms with Gasteiger partial charge in [-0.1, -0.05) is 24.3 Å². The van der Waals surface area contributed by atoms with Crippen molar-refractivity contribution >= 4 is 16.9 Å². The third-order valence-electron chi connectivity index (χ3n) is 4.85. The molecule has 0 radical (unpaired) electrons. The number of nitrogens with two attached hydrogens (primary N) is 1. The number of nitrogens with zero attached hydrogens (tertiary/aromatic N) is 3. The molecule has 1 aliphatic carbocycles. The maximum atomic E-state index is 13.2. The monoisotopic (exact) mass is 366 g/mol. The lowest BCUT2D eigenvalue weighted by molar-refractivity contribution is 0.487. The zero-order valence-electron chi connectivity index (χ0n) is 14.6. The van der Waals surface area contributed by atoms with Crippen LogP contribution in [-0.4, -0.2) is 14.1 Å². The van der Waals surface area contributed by atoms with Gasteiger partial charge in [0.2, 0.25) is 0 Å². The molecule has 1 atom stereocenters. The van der Waals surface area contributed by atoms with E-state index in [2.05, 4.69) is 4.98 Å². The highest BCUT2D eigenvalue weighted by molar-refractivity contribution is 5.75. The van der Waals surface area contributed by atoms with Gasteiger partial charge in [0, 0.05) is 0 Å². The number of hydrogen-bond acceptors (Lipinski definition) is 4. The predicted octanol–water partition coefficient (Wildman–Crippen LogP) is 2.61. The highest BCUT2D eigenvalue weighted by Gasteiger charge is 2.21. The van der Waals surface area contributed by atoms with Crippen molar-refractivity contribution in [2.45, 2.75) is 31.8 Å². The molecule has 1 aromatic carbocycles. The lowest BCUT2D eigenvalue weighted by atomic mass is 10.0. The zero-order valence-corrected chi connectivity index (χ0v) is 14.6. The molecule has 4 rings (SSSR count). The molecule has 0 saturated heterocycles. The lowest BCUT2D eigenvalue weighted by Gasteiger charge is -2.22. The summed E-state index contributed by atoms with van der Waals surface area (Å²) < 4.78 is 15.9. The molecule has 3 aromatic rings. The van der Waals surface area contributed by atoms with Crippen LogP contribution in [0.2, 0.25) is 0 Å². The molecule has 0 amide bonds. The van der Waals surface area contributed by atoms with Crippen molar-refractivity contribution in [3.63, 3.8) is 0 Å². The second-order valence-electron chi connectivity index (χ2n) is 6.70. The van der Waals surface area contributed by atoms with Gasteiger partial charge in [-0.15, -0.1) is 0 Å². The molecule has 0 aliphatic heterocycles. The van der Waals surface area contributed by atoms with E-state index >= 15 is 0 Å². The van der Waals surface area contributed by atoms with Crippen molar-refractivity contribution in [1.82, 2.24) is 14.1 Å². The quantitative estimate of drug-likeness (QED) is 0.723. The topological polar surface area (TPSA) is 82.9 Å². The molecular formula is C20H19FN4O2. The van der Waals surface area contributed by atoms with E-state index in [1.54, 1.807) is 28.8 Å². The molecule has 7 heteroatoms. The molecule has 27 heavy (non-hydrogen) atoms. The molecule has 2 N–H and O–H groups in total. The number of pyridine rings is 1. The van der Waals surface area contributed by atoms with Gasteiger partial charge in [-0.25, -0.2) is 14.2 Å². The lowest BCUT2D eigenvalue weighted by Crippen LogP contribution is -2.42. The number of benzene rings is 1. The van der Waals surface area contributed by atoms with E-state index in [1.807, 2.05) is 12.2 Å². The molecule has 2 heterocycles. The Morgan fingerprint density at radius 2 is 1.93 bits per heavy atom. The zero-order chi connectivity index (χ0) is 19.0. The predicted molar refractivity (Wildman–Crippen MR) is 102 cm³/mol. The van der Waals surface area contributed by atoms with Gasteiger partial charge in [0.15, 0.2) is 5.65 Å². The number of allylic oxidation sites excluding steroid dienone is 2. The standard InChI is InChI=1S/C20H19FN4O2/c21-14-8-6-13(7-9-14)12-24-19(26)16-10-11-17(22)23-18(16)25(20(24)27)15-4-2-1-3-5-15/h2,4,6-11,15H,1,3,5,12H2,(H2,22,23). The minimum absolute atomic E-state index is 0.0642. The Morgan fingerprint density at radius 3 is 2.63 bits per heavy atom. The van der Waals surface area contributed by atoms with Crippen LogP contribution in [0.3, 0.4) is 0 Å². The summed E-state index contributed by atoms with van der Waals surface area (Å²) >= 11 is 0. The Labute approximate surface area is 154 Å².